The zero-order chi connectivity index (χ0) is 22.5. The van der Waals surface area contributed by atoms with Gasteiger partial charge < -0.3 is 9.30 Å². The third-order valence-corrected chi connectivity index (χ3v) is 4.94. The summed E-state index contributed by atoms with van der Waals surface area (Å²) in [5.41, 5.74) is -3.01. The molecule has 1 aliphatic carbocycles. The maximum absolute atomic E-state index is 15.0. The Morgan fingerprint density at radius 2 is 1.77 bits per heavy atom. The number of amides is 2. The van der Waals surface area contributed by atoms with Crippen molar-refractivity contribution in [3.05, 3.63) is 39.2 Å². The molecule has 1 heterocycles. The van der Waals surface area contributed by atoms with Crippen molar-refractivity contribution in [1.29, 1.82) is 0 Å². The fourth-order valence-corrected chi connectivity index (χ4v) is 3.52. The highest BCUT2D eigenvalue weighted by molar-refractivity contribution is 6.18. The summed E-state index contributed by atoms with van der Waals surface area (Å²) in [4.78, 5) is 49.9. The lowest BCUT2D eigenvalue weighted by atomic mass is 10.0. The predicted molar refractivity (Wildman–Crippen MR) is 101 cm³/mol. The maximum atomic E-state index is 15.0. The van der Waals surface area contributed by atoms with Gasteiger partial charge in [-0.1, -0.05) is 0 Å². The molecule has 0 saturated heterocycles. The molecule has 1 aromatic carbocycles. The van der Waals surface area contributed by atoms with Crippen molar-refractivity contribution in [1.82, 2.24) is 4.57 Å². The number of hydrogen-bond donors (Lipinski definition) is 0. The van der Waals surface area contributed by atoms with Crippen LogP contribution < -0.4 is 10.3 Å². The van der Waals surface area contributed by atoms with Crippen molar-refractivity contribution in [2.45, 2.75) is 46.3 Å². The first kappa shape index (κ1) is 21.5. The van der Waals surface area contributed by atoms with Crippen molar-refractivity contribution >= 4 is 34.4 Å². The summed E-state index contributed by atoms with van der Waals surface area (Å²) < 4.78 is 49.7. The number of aryl methyl sites for hydroxylation is 1. The van der Waals surface area contributed by atoms with Crippen molar-refractivity contribution in [3.8, 4) is 0 Å². The summed E-state index contributed by atoms with van der Waals surface area (Å²) in [6, 6.07) is -0.819. The van der Waals surface area contributed by atoms with E-state index in [1.807, 2.05) is 0 Å². The molecule has 7 nitrogen and oxygen atoms in total. The molecule has 2 amide bonds. The molecule has 0 aliphatic heterocycles. The number of rotatable bonds is 4. The quantitative estimate of drug-likeness (QED) is 0.705. The van der Waals surface area contributed by atoms with E-state index in [0.29, 0.717) is 4.90 Å². The zero-order valence-electron chi connectivity index (χ0n) is 16.7. The van der Waals surface area contributed by atoms with E-state index in [1.165, 1.54) is 18.4 Å². The first-order valence-electron chi connectivity index (χ1n) is 9.21. The number of pyridine rings is 1. The van der Waals surface area contributed by atoms with Crippen LogP contribution in [0.1, 0.15) is 49.2 Å². The number of benzene rings is 1. The molecule has 1 aliphatic rings. The molecule has 0 N–H and O–H groups in total. The van der Waals surface area contributed by atoms with Crippen molar-refractivity contribution in [2.75, 3.05) is 11.5 Å². The van der Waals surface area contributed by atoms with Gasteiger partial charge in [0.15, 0.2) is 11.6 Å². The Morgan fingerprint density at radius 3 is 2.23 bits per heavy atom. The molecule has 0 spiro atoms. The third-order valence-electron chi connectivity index (χ3n) is 4.94. The van der Waals surface area contributed by atoms with Gasteiger partial charge in [-0.15, -0.1) is 0 Å². The van der Waals surface area contributed by atoms with Crippen LogP contribution in [0, 0.1) is 18.6 Å². The summed E-state index contributed by atoms with van der Waals surface area (Å²) >= 11 is 0. The lowest BCUT2D eigenvalue weighted by molar-refractivity contribution is -0.124. The Kier molecular flexibility index (Phi) is 5.44. The fourth-order valence-electron chi connectivity index (χ4n) is 3.52. The maximum Gasteiger partial charge on any atom is 0.343 e. The lowest BCUT2D eigenvalue weighted by Gasteiger charge is -2.23. The van der Waals surface area contributed by atoms with Gasteiger partial charge in [-0.3, -0.25) is 14.4 Å². The van der Waals surface area contributed by atoms with Crippen LogP contribution in [0.15, 0.2) is 11.0 Å². The van der Waals surface area contributed by atoms with Crippen LogP contribution in [-0.4, -0.2) is 35.1 Å². The SMILES string of the molecule is CCOC(=O)c1cn([C@@H]2C[C@@H]2F)c2c(C)c(F)c(F)c(N(C(C)=O)C(C)=O)c2c1=O. The molecule has 0 unspecified atom stereocenters. The molecule has 10 heteroatoms. The number of halogens is 3. The lowest BCUT2D eigenvalue weighted by Crippen LogP contribution is -2.36. The van der Waals surface area contributed by atoms with E-state index in [-0.39, 0.29) is 24.1 Å². The number of carbonyl (C=O) groups is 3. The summed E-state index contributed by atoms with van der Waals surface area (Å²) in [5, 5.41) is -0.568. The minimum absolute atomic E-state index is 0.0388. The topological polar surface area (TPSA) is 85.7 Å². The molecule has 1 saturated carbocycles. The number of aromatic nitrogens is 1. The molecule has 0 radical (unpaired) electrons. The smallest absolute Gasteiger partial charge is 0.343 e. The molecule has 2 aromatic rings. The standard InChI is InChI=1S/C20H19F3N2O5/c1-5-30-20(29)11-7-24(13-6-12(13)21)17-8(2)15(22)16(23)18(14(17)19(11)28)25(9(3)26)10(4)27/h7,12-13H,5-6H2,1-4H3/t12-,13+/m0/s1. The summed E-state index contributed by atoms with van der Waals surface area (Å²) in [5.74, 6) is -5.96. The Balaban J connectivity index is 2.57. The minimum atomic E-state index is -1.59. The first-order valence-corrected chi connectivity index (χ1v) is 9.21. The van der Waals surface area contributed by atoms with E-state index < -0.39 is 63.7 Å². The van der Waals surface area contributed by atoms with Gasteiger partial charge in [0.2, 0.25) is 17.2 Å². The second kappa shape index (κ2) is 7.58. The normalized spacial score (nSPS) is 17.7. The molecular formula is C20H19F3N2O5. The van der Waals surface area contributed by atoms with Crippen LogP contribution in [0.5, 0.6) is 0 Å². The average molecular weight is 424 g/mol. The van der Waals surface area contributed by atoms with E-state index in [9.17, 15) is 32.3 Å². The van der Waals surface area contributed by atoms with E-state index in [2.05, 4.69) is 0 Å². The second-order valence-corrected chi connectivity index (χ2v) is 7.02. The van der Waals surface area contributed by atoms with Crippen molar-refractivity contribution in [3.63, 3.8) is 0 Å². The fraction of sp³-hybridized carbons (Fsp3) is 0.400. The number of carbonyl (C=O) groups excluding carboxylic acids is 3. The molecule has 0 bridgehead atoms. The molecule has 2 atom stereocenters. The van der Waals surface area contributed by atoms with E-state index >= 15 is 0 Å². The number of alkyl halides is 1. The molecule has 160 valence electrons. The van der Waals surface area contributed by atoms with Crippen LogP contribution >= 0.6 is 0 Å². The average Bonchev–Trinajstić information content (AvgIpc) is 3.39. The second-order valence-electron chi connectivity index (χ2n) is 7.02. The predicted octanol–water partition coefficient (Wildman–Crippen LogP) is 2.95. The van der Waals surface area contributed by atoms with Crippen molar-refractivity contribution < 1.29 is 32.3 Å². The number of esters is 1. The van der Waals surface area contributed by atoms with E-state index in [1.54, 1.807) is 0 Å². The molecule has 3 rings (SSSR count). The van der Waals surface area contributed by atoms with Gasteiger partial charge >= 0.3 is 5.97 Å². The van der Waals surface area contributed by atoms with Gasteiger partial charge in [0.05, 0.1) is 23.6 Å². The number of fused-ring (bicyclic) bond motifs is 1. The van der Waals surface area contributed by atoms with Gasteiger partial charge in [-0.25, -0.2) is 22.9 Å². The number of ether oxygens (including phenoxy) is 1. The van der Waals surface area contributed by atoms with Crippen LogP contribution in [0.25, 0.3) is 10.9 Å². The number of imide groups is 1. The largest absolute Gasteiger partial charge is 0.462 e. The van der Waals surface area contributed by atoms with E-state index in [4.69, 9.17) is 4.74 Å². The zero-order valence-corrected chi connectivity index (χ0v) is 16.7. The third kappa shape index (κ3) is 3.25. The minimum Gasteiger partial charge on any atom is -0.462 e. The number of nitrogens with zero attached hydrogens (tertiary/aromatic N) is 2. The summed E-state index contributed by atoms with van der Waals surface area (Å²) in [6.07, 6.45) is -0.234. The van der Waals surface area contributed by atoms with Crippen molar-refractivity contribution in [2.24, 2.45) is 0 Å². The molecular weight excluding hydrogens is 405 g/mol. The van der Waals surface area contributed by atoms with Crippen LogP contribution in [0.2, 0.25) is 0 Å². The van der Waals surface area contributed by atoms with Gasteiger partial charge in [0, 0.05) is 32.0 Å². The van der Waals surface area contributed by atoms with Crippen LogP contribution in [0.4, 0.5) is 18.9 Å². The summed E-state index contributed by atoms with van der Waals surface area (Å²) in [6.45, 7) is 4.51. The number of hydrogen-bond acceptors (Lipinski definition) is 5. The highest BCUT2D eigenvalue weighted by Crippen LogP contribution is 2.43. The highest BCUT2D eigenvalue weighted by Gasteiger charge is 2.42. The monoisotopic (exact) mass is 424 g/mol. The van der Waals surface area contributed by atoms with E-state index in [0.717, 1.165) is 20.0 Å². The molecule has 30 heavy (non-hydrogen) atoms. The van der Waals surface area contributed by atoms with Crippen LogP contribution in [0.3, 0.4) is 0 Å². The first-order chi connectivity index (χ1) is 14.0. The molecule has 1 aromatic heterocycles. The Hall–Kier alpha value is -3.17. The van der Waals surface area contributed by atoms with Gasteiger partial charge in [-0.2, -0.15) is 0 Å². The van der Waals surface area contributed by atoms with Gasteiger partial charge in [-0.05, 0) is 13.8 Å². The highest BCUT2D eigenvalue weighted by atomic mass is 19.2. The Labute approximate surface area is 169 Å². The summed E-state index contributed by atoms with van der Waals surface area (Å²) in [7, 11) is 0. The Morgan fingerprint density at radius 1 is 1.20 bits per heavy atom. The van der Waals surface area contributed by atoms with Gasteiger partial charge in [0.25, 0.3) is 0 Å². The Bertz CT molecular complexity index is 1140. The van der Waals surface area contributed by atoms with Gasteiger partial charge in [0.1, 0.15) is 17.4 Å². The van der Waals surface area contributed by atoms with Crippen LogP contribution in [-0.2, 0) is 14.3 Å². The molecule has 1 fully saturated rings. The number of anilines is 1.